The lowest BCUT2D eigenvalue weighted by Gasteiger charge is -2.12. The Balaban J connectivity index is 1.78. The number of benzene rings is 3. The fourth-order valence-corrected chi connectivity index (χ4v) is 4.00. The van der Waals surface area contributed by atoms with E-state index >= 15 is 0 Å². The molecule has 0 amide bonds. The van der Waals surface area contributed by atoms with Crippen LogP contribution in [-0.2, 0) is 16.1 Å². The molecule has 4 rings (SSSR count). The van der Waals surface area contributed by atoms with Crippen LogP contribution in [0.1, 0.15) is 26.4 Å². The van der Waals surface area contributed by atoms with E-state index in [9.17, 15) is 9.59 Å². The molecule has 0 aliphatic carbocycles. The van der Waals surface area contributed by atoms with Crippen molar-refractivity contribution >= 4 is 35.1 Å². The van der Waals surface area contributed by atoms with Crippen LogP contribution in [-0.4, -0.2) is 43.0 Å². The molecule has 0 atom stereocenters. The minimum absolute atomic E-state index is 0.0373. The van der Waals surface area contributed by atoms with Gasteiger partial charge in [0.05, 0.1) is 37.1 Å². The highest BCUT2D eigenvalue weighted by molar-refractivity contribution is 6.42. The summed E-state index contributed by atoms with van der Waals surface area (Å²) in [7, 11) is 3.96. The van der Waals surface area contributed by atoms with Gasteiger partial charge in [0.25, 0.3) is 0 Å². The third-order valence-corrected chi connectivity index (χ3v) is 6.21. The average molecular weight is 541 g/mol. The molecule has 3 aromatic carbocycles. The van der Waals surface area contributed by atoms with Crippen molar-refractivity contribution < 1.29 is 28.5 Å². The summed E-state index contributed by atoms with van der Waals surface area (Å²) >= 11 is 12.1. The number of esters is 2. The van der Waals surface area contributed by atoms with Crippen molar-refractivity contribution in [3.8, 4) is 28.4 Å². The fourth-order valence-electron chi connectivity index (χ4n) is 3.68. The Morgan fingerprint density at radius 2 is 1.57 bits per heavy atom. The number of ether oxygens (including phenoxy) is 4. The summed E-state index contributed by atoms with van der Waals surface area (Å²) in [4.78, 5) is 25.6. The lowest BCUT2D eigenvalue weighted by atomic mass is 10.0. The Hall–Kier alpha value is -4.01. The summed E-state index contributed by atoms with van der Waals surface area (Å²) in [6, 6.07) is 19.2. The normalized spacial score (nSPS) is 10.6. The molecular formula is C27H22Cl2N2O6. The van der Waals surface area contributed by atoms with Gasteiger partial charge in [-0.3, -0.25) is 0 Å². The van der Waals surface area contributed by atoms with E-state index in [-0.39, 0.29) is 23.6 Å². The third-order valence-electron chi connectivity index (χ3n) is 5.47. The first-order valence-corrected chi connectivity index (χ1v) is 11.7. The Kier molecular flexibility index (Phi) is 8.01. The number of para-hydroxylation sites is 1. The minimum Gasteiger partial charge on any atom is -0.493 e. The van der Waals surface area contributed by atoms with Gasteiger partial charge in [-0.25, -0.2) is 14.3 Å². The van der Waals surface area contributed by atoms with Gasteiger partial charge >= 0.3 is 11.9 Å². The first-order valence-electron chi connectivity index (χ1n) is 11.0. The molecule has 0 aliphatic heterocycles. The van der Waals surface area contributed by atoms with Gasteiger partial charge in [0, 0.05) is 5.56 Å². The maximum absolute atomic E-state index is 12.9. The van der Waals surface area contributed by atoms with Crippen molar-refractivity contribution in [2.45, 2.75) is 6.61 Å². The summed E-state index contributed by atoms with van der Waals surface area (Å²) in [5.74, 6) is -0.636. The lowest BCUT2D eigenvalue weighted by molar-refractivity contribution is 0.0549. The van der Waals surface area contributed by atoms with Crippen LogP contribution >= 0.6 is 23.2 Å². The number of halogens is 2. The predicted molar refractivity (Wildman–Crippen MR) is 139 cm³/mol. The second kappa shape index (κ2) is 11.4. The summed E-state index contributed by atoms with van der Waals surface area (Å²) in [5, 5.41) is 5.48. The molecule has 4 aromatic rings. The quantitative estimate of drug-likeness (QED) is 0.253. The molecule has 0 radical (unpaired) electrons. The predicted octanol–water partition coefficient (Wildman–Crippen LogP) is 6.01. The number of hydrogen-bond donors (Lipinski definition) is 0. The van der Waals surface area contributed by atoms with Crippen molar-refractivity contribution in [1.82, 2.24) is 9.78 Å². The molecule has 0 spiro atoms. The van der Waals surface area contributed by atoms with Gasteiger partial charge in [0.2, 0.25) is 0 Å². The number of carbonyl (C=O) groups is 2. The van der Waals surface area contributed by atoms with Crippen molar-refractivity contribution in [3.63, 3.8) is 0 Å². The SMILES string of the molecule is COC(=O)c1c(-c2ccc(OCc3ccc(Cl)c(Cl)c3)c(OC)c2)nn(-c2ccccc2)c1C(=O)OC. The van der Waals surface area contributed by atoms with Gasteiger partial charge < -0.3 is 18.9 Å². The van der Waals surface area contributed by atoms with Crippen LogP contribution < -0.4 is 9.47 Å². The molecule has 10 heteroatoms. The van der Waals surface area contributed by atoms with E-state index in [0.29, 0.717) is 32.8 Å². The number of hydrogen-bond acceptors (Lipinski definition) is 7. The van der Waals surface area contributed by atoms with Gasteiger partial charge in [-0.2, -0.15) is 5.10 Å². The molecule has 0 saturated heterocycles. The first-order chi connectivity index (χ1) is 17.9. The van der Waals surface area contributed by atoms with Crippen LogP contribution in [0.2, 0.25) is 10.0 Å². The molecule has 1 heterocycles. The van der Waals surface area contributed by atoms with E-state index < -0.39 is 11.9 Å². The molecule has 1 aromatic heterocycles. The molecule has 0 unspecified atom stereocenters. The molecule has 37 heavy (non-hydrogen) atoms. The van der Waals surface area contributed by atoms with E-state index in [0.717, 1.165) is 5.56 Å². The number of methoxy groups -OCH3 is 3. The Morgan fingerprint density at radius 1 is 0.838 bits per heavy atom. The van der Waals surface area contributed by atoms with Gasteiger partial charge in [-0.05, 0) is 48.0 Å². The number of aromatic nitrogens is 2. The van der Waals surface area contributed by atoms with Crippen molar-refractivity contribution in [3.05, 3.63) is 93.6 Å². The van der Waals surface area contributed by atoms with Gasteiger partial charge in [-0.15, -0.1) is 0 Å². The van der Waals surface area contributed by atoms with E-state index in [2.05, 4.69) is 5.10 Å². The maximum Gasteiger partial charge on any atom is 0.357 e. The highest BCUT2D eigenvalue weighted by Crippen LogP contribution is 2.36. The Labute approximate surface area is 223 Å². The van der Waals surface area contributed by atoms with Crippen molar-refractivity contribution in [2.24, 2.45) is 0 Å². The van der Waals surface area contributed by atoms with Crippen LogP contribution in [0.3, 0.4) is 0 Å². The summed E-state index contributed by atoms with van der Waals surface area (Å²) in [5.41, 5.74) is 1.99. The summed E-state index contributed by atoms with van der Waals surface area (Å²) < 4.78 is 22.8. The lowest BCUT2D eigenvalue weighted by Crippen LogP contribution is -2.15. The van der Waals surface area contributed by atoms with Crippen LogP contribution in [0, 0.1) is 0 Å². The zero-order valence-corrected chi connectivity index (χ0v) is 21.7. The molecule has 8 nitrogen and oxygen atoms in total. The monoisotopic (exact) mass is 540 g/mol. The fraction of sp³-hybridized carbons (Fsp3) is 0.148. The summed E-state index contributed by atoms with van der Waals surface area (Å²) in [6.07, 6.45) is 0. The number of carbonyl (C=O) groups excluding carboxylic acids is 2. The smallest absolute Gasteiger partial charge is 0.357 e. The molecule has 0 aliphatic rings. The van der Waals surface area contributed by atoms with E-state index in [1.54, 1.807) is 54.6 Å². The summed E-state index contributed by atoms with van der Waals surface area (Å²) in [6.45, 7) is 0.217. The molecule has 0 fully saturated rings. The molecule has 0 bridgehead atoms. The molecule has 190 valence electrons. The standard InChI is InChI=1S/C27H22Cl2N2O6/c1-34-22-14-17(10-12-21(22)37-15-16-9-11-19(28)20(29)13-16)24-23(26(32)35-2)25(27(33)36-3)31(30-24)18-7-5-4-6-8-18/h4-14H,15H2,1-3H3. The zero-order valence-electron chi connectivity index (χ0n) is 20.2. The van der Waals surface area contributed by atoms with Crippen molar-refractivity contribution in [2.75, 3.05) is 21.3 Å². The van der Waals surface area contributed by atoms with Crippen LogP contribution in [0.15, 0.2) is 66.7 Å². The minimum atomic E-state index is -0.739. The van der Waals surface area contributed by atoms with Crippen LogP contribution in [0.5, 0.6) is 11.5 Å². The Bertz CT molecular complexity index is 1450. The highest BCUT2D eigenvalue weighted by Gasteiger charge is 2.31. The largest absolute Gasteiger partial charge is 0.493 e. The van der Waals surface area contributed by atoms with Crippen molar-refractivity contribution in [1.29, 1.82) is 0 Å². The van der Waals surface area contributed by atoms with Crippen LogP contribution in [0.4, 0.5) is 0 Å². The van der Waals surface area contributed by atoms with Gasteiger partial charge in [0.1, 0.15) is 17.9 Å². The molecule has 0 saturated carbocycles. The topological polar surface area (TPSA) is 88.9 Å². The van der Waals surface area contributed by atoms with Gasteiger partial charge in [-0.1, -0.05) is 47.5 Å². The zero-order chi connectivity index (χ0) is 26.5. The van der Waals surface area contributed by atoms with Gasteiger partial charge in [0.15, 0.2) is 17.2 Å². The third kappa shape index (κ3) is 5.40. The van der Waals surface area contributed by atoms with E-state index in [1.165, 1.54) is 26.0 Å². The average Bonchev–Trinajstić information content (AvgIpc) is 3.34. The van der Waals surface area contributed by atoms with E-state index in [4.69, 9.17) is 42.1 Å². The second-order valence-electron chi connectivity index (χ2n) is 7.71. The van der Waals surface area contributed by atoms with E-state index in [1.807, 2.05) is 12.1 Å². The number of nitrogens with zero attached hydrogens (tertiary/aromatic N) is 2. The van der Waals surface area contributed by atoms with Crippen LogP contribution in [0.25, 0.3) is 16.9 Å². The molecule has 0 N–H and O–H groups in total. The molecular weight excluding hydrogens is 519 g/mol. The Morgan fingerprint density at radius 3 is 2.22 bits per heavy atom. The maximum atomic E-state index is 12.9. The number of rotatable bonds is 8. The highest BCUT2D eigenvalue weighted by atomic mass is 35.5. The second-order valence-corrected chi connectivity index (χ2v) is 8.52. The first kappa shape index (κ1) is 26.1.